The quantitative estimate of drug-likeness (QED) is 0.316. The molecule has 0 aliphatic rings. The van der Waals surface area contributed by atoms with Crippen molar-refractivity contribution in [3.05, 3.63) is 54.3 Å². The van der Waals surface area contributed by atoms with Crippen LogP contribution in [0.2, 0.25) is 0 Å². The van der Waals surface area contributed by atoms with Gasteiger partial charge in [0.2, 0.25) is 0 Å². The minimum absolute atomic E-state index is 0.261. The van der Waals surface area contributed by atoms with E-state index in [9.17, 15) is 9.18 Å². The van der Waals surface area contributed by atoms with Gasteiger partial charge >= 0.3 is 0 Å². The van der Waals surface area contributed by atoms with Gasteiger partial charge in [0.15, 0.2) is 6.61 Å². The first-order valence-electron chi connectivity index (χ1n) is 6.58. The van der Waals surface area contributed by atoms with Crippen molar-refractivity contribution in [1.29, 1.82) is 10.9 Å². The molecular weight excluding hydrogens is 301 g/mol. The predicted octanol–water partition coefficient (Wildman–Crippen LogP) is 3.20. The molecule has 2 aromatic carbocycles. The third-order valence-electron chi connectivity index (χ3n) is 2.79. The van der Waals surface area contributed by atoms with Crippen LogP contribution in [0, 0.1) is 16.8 Å². The van der Waals surface area contributed by atoms with Gasteiger partial charge in [0, 0.05) is 11.8 Å². The Bertz CT molecular complexity index is 715. The highest BCUT2D eigenvalue weighted by Crippen LogP contribution is 2.20. The highest BCUT2D eigenvalue weighted by molar-refractivity contribution is 5.91. The molecule has 0 fully saturated rings. The second-order valence-corrected chi connectivity index (χ2v) is 4.42. The van der Waals surface area contributed by atoms with Crippen LogP contribution in [0.15, 0.2) is 53.8 Å². The summed E-state index contributed by atoms with van der Waals surface area (Å²) in [4.78, 5) is 11.8. The molecule has 118 valence electrons. The van der Waals surface area contributed by atoms with Crippen LogP contribution in [0.4, 0.5) is 15.8 Å². The van der Waals surface area contributed by atoms with Gasteiger partial charge in [-0.2, -0.15) is 5.53 Å². The second kappa shape index (κ2) is 7.64. The molecular formula is C15H14FN5O2. The fraction of sp³-hybridized carbons (Fsp3) is 0.0667. The molecule has 0 saturated carbocycles. The van der Waals surface area contributed by atoms with Crippen LogP contribution < -0.4 is 15.1 Å². The van der Waals surface area contributed by atoms with Crippen LogP contribution in [-0.4, -0.2) is 18.9 Å². The number of nitrogens with zero attached hydrogens (tertiary/aromatic N) is 2. The Morgan fingerprint density at radius 1 is 1.30 bits per heavy atom. The Balaban J connectivity index is 1.95. The molecule has 3 N–H and O–H groups in total. The molecule has 2 aromatic rings. The Morgan fingerprint density at radius 2 is 2.09 bits per heavy atom. The van der Waals surface area contributed by atoms with Gasteiger partial charge in [-0.1, -0.05) is 17.4 Å². The Morgan fingerprint density at radius 3 is 2.78 bits per heavy atom. The van der Waals surface area contributed by atoms with Crippen molar-refractivity contribution in [3.8, 4) is 5.75 Å². The molecule has 0 radical (unpaired) electrons. The zero-order valence-corrected chi connectivity index (χ0v) is 12.0. The third-order valence-corrected chi connectivity index (χ3v) is 2.79. The zero-order chi connectivity index (χ0) is 16.7. The topological polar surface area (TPSA) is 102 Å². The molecule has 0 aliphatic heterocycles. The highest BCUT2D eigenvalue weighted by Gasteiger charge is 2.07. The summed E-state index contributed by atoms with van der Waals surface area (Å²) in [6, 6.07) is 12.0. The predicted molar refractivity (Wildman–Crippen MR) is 83.4 cm³/mol. The number of halogens is 1. The van der Waals surface area contributed by atoms with Gasteiger partial charge in [0.1, 0.15) is 17.9 Å². The molecule has 0 unspecified atom stereocenters. The maximum Gasteiger partial charge on any atom is 0.262 e. The molecule has 0 heterocycles. The fourth-order valence-electron chi connectivity index (χ4n) is 1.79. The van der Waals surface area contributed by atoms with Gasteiger partial charge in [-0.15, -0.1) is 0 Å². The SMILES string of the molecule is N=CN(N=N)c1cccc(OCC(=O)Nc2cccc(F)c2)c1. The number of benzene rings is 2. The number of amides is 1. The summed E-state index contributed by atoms with van der Waals surface area (Å²) in [5, 5.41) is 13.8. The molecule has 7 nitrogen and oxygen atoms in total. The Kier molecular flexibility index (Phi) is 5.35. The maximum atomic E-state index is 13.0. The van der Waals surface area contributed by atoms with Gasteiger partial charge in [0.25, 0.3) is 5.91 Å². The summed E-state index contributed by atoms with van der Waals surface area (Å²) >= 11 is 0. The molecule has 1 amide bonds. The summed E-state index contributed by atoms with van der Waals surface area (Å²) in [7, 11) is 0. The van der Waals surface area contributed by atoms with Crippen LogP contribution in [0.25, 0.3) is 0 Å². The van der Waals surface area contributed by atoms with E-state index in [1.54, 1.807) is 30.3 Å². The summed E-state index contributed by atoms with van der Waals surface area (Å²) < 4.78 is 18.4. The van der Waals surface area contributed by atoms with Crippen LogP contribution in [0.1, 0.15) is 0 Å². The van der Waals surface area contributed by atoms with E-state index in [0.29, 0.717) is 17.1 Å². The van der Waals surface area contributed by atoms with E-state index in [1.165, 1.54) is 18.2 Å². The van der Waals surface area contributed by atoms with Gasteiger partial charge in [-0.25, -0.2) is 9.40 Å². The lowest BCUT2D eigenvalue weighted by Gasteiger charge is -2.12. The summed E-state index contributed by atoms with van der Waals surface area (Å²) in [5.41, 5.74) is 7.74. The van der Waals surface area contributed by atoms with Crippen molar-refractivity contribution >= 4 is 23.6 Å². The highest BCUT2D eigenvalue weighted by atomic mass is 19.1. The third kappa shape index (κ3) is 4.60. The molecule has 0 atom stereocenters. The Labute approximate surface area is 131 Å². The molecule has 0 aromatic heterocycles. The van der Waals surface area contributed by atoms with Gasteiger partial charge in [-0.05, 0) is 30.3 Å². The largest absolute Gasteiger partial charge is 0.484 e. The van der Waals surface area contributed by atoms with Crippen molar-refractivity contribution in [2.75, 3.05) is 16.9 Å². The van der Waals surface area contributed by atoms with Crippen molar-refractivity contribution in [3.63, 3.8) is 0 Å². The average Bonchev–Trinajstić information content (AvgIpc) is 2.55. The number of hydrogen-bond donors (Lipinski definition) is 3. The molecule has 0 bridgehead atoms. The molecule has 23 heavy (non-hydrogen) atoms. The van der Waals surface area contributed by atoms with Gasteiger partial charge in [0.05, 0.1) is 5.69 Å². The molecule has 8 heteroatoms. The standard InChI is InChI=1S/C15H14FN5O2/c16-11-3-1-4-12(7-11)19-15(22)9-23-14-6-2-5-13(8-14)21(10-17)20-18/h1-8,10,17-18H,9H2,(H,19,22). The van der Waals surface area contributed by atoms with Crippen LogP contribution in [-0.2, 0) is 4.79 Å². The number of nitrogens with one attached hydrogen (secondary N) is 3. The first-order chi connectivity index (χ1) is 11.1. The smallest absolute Gasteiger partial charge is 0.262 e. The van der Waals surface area contributed by atoms with E-state index in [1.807, 2.05) is 0 Å². The first-order valence-corrected chi connectivity index (χ1v) is 6.58. The van der Waals surface area contributed by atoms with Crippen molar-refractivity contribution in [2.45, 2.75) is 0 Å². The number of hydrogen-bond acceptors (Lipinski definition) is 5. The normalized spacial score (nSPS) is 9.78. The number of carbonyl (C=O) groups is 1. The molecule has 2 rings (SSSR count). The molecule has 0 saturated heterocycles. The van der Waals surface area contributed by atoms with E-state index in [2.05, 4.69) is 10.5 Å². The first kappa shape index (κ1) is 16.1. The minimum Gasteiger partial charge on any atom is -0.484 e. The number of carbonyl (C=O) groups excluding carboxylic acids is 1. The van der Waals surface area contributed by atoms with E-state index in [0.717, 1.165) is 11.3 Å². The summed E-state index contributed by atoms with van der Waals surface area (Å²) in [6.07, 6.45) is 0.878. The van der Waals surface area contributed by atoms with Crippen LogP contribution >= 0.6 is 0 Å². The van der Waals surface area contributed by atoms with Crippen LogP contribution in [0.3, 0.4) is 0 Å². The number of rotatable bonds is 7. The second-order valence-electron chi connectivity index (χ2n) is 4.42. The minimum atomic E-state index is -0.442. The van der Waals surface area contributed by atoms with Gasteiger partial charge < -0.3 is 10.1 Å². The maximum absolute atomic E-state index is 13.0. The van der Waals surface area contributed by atoms with Gasteiger partial charge in [-0.3, -0.25) is 10.2 Å². The zero-order valence-electron chi connectivity index (χ0n) is 12.0. The van der Waals surface area contributed by atoms with E-state index >= 15 is 0 Å². The van der Waals surface area contributed by atoms with Crippen molar-refractivity contribution < 1.29 is 13.9 Å². The summed E-state index contributed by atoms with van der Waals surface area (Å²) in [6.45, 7) is -0.261. The van der Waals surface area contributed by atoms with E-state index in [4.69, 9.17) is 15.7 Å². The van der Waals surface area contributed by atoms with Crippen molar-refractivity contribution in [1.82, 2.24) is 0 Å². The lowest BCUT2D eigenvalue weighted by molar-refractivity contribution is -0.118. The van der Waals surface area contributed by atoms with Crippen LogP contribution in [0.5, 0.6) is 5.75 Å². The lowest BCUT2D eigenvalue weighted by Crippen LogP contribution is -2.20. The number of ether oxygens (including phenoxy) is 1. The number of anilines is 2. The monoisotopic (exact) mass is 315 g/mol. The Hall–Kier alpha value is -3.29. The van der Waals surface area contributed by atoms with E-state index < -0.39 is 11.7 Å². The molecule has 0 spiro atoms. The van der Waals surface area contributed by atoms with Crippen molar-refractivity contribution in [2.24, 2.45) is 5.22 Å². The van der Waals surface area contributed by atoms with E-state index in [-0.39, 0.29) is 6.61 Å². The fourth-order valence-corrected chi connectivity index (χ4v) is 1.79. The summed E-state index contributed by atoms with van der Waals surface area (Å²) in [5.74, 6) is -0.496. The average molecular weight is 315 g/mol. The molecule has 0 aliphatic carbocycles. The lowest BCUT2D eigenvalue weighted by atomic mass is 10.3.